The van der Waals surface area contributed by atoms with Crippen LogP contribution >= 0.6 is 23.2 Å². The third-order valence-electron chi connectivity index (χ3n) is 3.24. The number of nitrogens with zero attached hydrogens (tertiary/aromatic N) is 2. The van der Waals surface area contributed by atoms with E-state index in [1.165, 1.54) is 18.2 Å². The molecular weight excluding hydrogens is 384 g/mol. The van der Waals surface area contributed by atoms with Crippen LogP contribution in [-0.2, 0) is 11.0 Å². The number of benzene rings is 1. The molecule has 0 unspecified atom stereocenters. The number of carboxylic acid groups (broad SMARTS) is 1. The minimum Gasteiger partial charge on any atom is -0.477 e. The Bertz CT molecular complexity index is 937. The first-order chi connectivity index (χ1) is 11.5. The standard InChI is InChI=1S/C15H9Cl2F3N2O3/c1-7-10(15(18,19)20)6-21-22(13(7)23)9-2-3-11(16)8(4-9)5-12(17)14(24)25/h2-6H,1H3,(H,24,25). The zero-order valence-electron chi connectivity index (χ0n) is 12.4. The Labute approximate surface area is 148 Å². The van der Waals surface area contributed by atoms with E-state index in [1.807, 2.05) is 0 Å². The first kappa shape index (κ1) is 19.0. The van der Waals surface area contributed by atoms with Crippen LogP contribution in [-0.4, -0.2) is 20.9 Å². The predicted octanol–water partition coefficient (Wildman–Crippen LogP) is 3.88. The summed E-state index contributed by atoms with van der Waals surface area (Å²) in [6, 6.07) is 3.99. The van der Waals surface area contributed by atoms with Crippen LogP contribution in [0.25, 0.3) is 11.8 Å². The van der Waals surface area contributed by atoms with Gasteiger partial charge < -0.3 is 5.11 Å². The topological polar surface area (TPSA) is 72.2 Å². The summed E-state index contributed by atoms with van der Waals surface area (Å²) >= 11 is 11.5. The van der Waals surface area contributed by atoms with Crippen molar-refractivity contribution in [2.75, 3.05) is 0 Å². The molecule has 0 aliphatic rings. The number of hydrogen-bond acceptors (Lipinski definition) is 3. The maximum atomic E-state index is 12.8. The van der Waals surface area contributed by atoms with Crippen LogP contribution in [0.15, 0.2) is 34.2 Å². The Morgan fingerprint density at radius 2 is 2.00 bits per heavy atom. The second-order valence-electron chi connectivity index (χ2n) is 4.90. The van der Waals surface area contributed by atoms with E-state index in [0.29, 0.717) is 6.20 Å². The molecular formula is C15H9Cl2F3N2O3. The van der Waals surface area contributed by atoms with Crippen molar-refractivity contribution in [3.8, 4) is 5.69 Å². The second kappa shape index (κ2) is 6.89. The van der Waals surface area contributed by atoms with Crippen LogP contribution < -0.4 is 5.56 Å². The largest absolute Gasteiger partial charge is 0.477 e. The smallest absolute Gasteiger partial charge is 0.418 e. The lowest BCUT2D eigenvalue weighted by Crippen LogP contribution is -2.27. The van der Waals surface area contributed by atoms with Gasteiger partial charge in [-0.2, -0.15) is 23.0 Å². The molecule has 1 aromatic heterocycles. The van der Waals surface area contributed by atoms with Crippen molar-refractivity contribution in [1.82, 2.24) is 9.78 Å². The summed E-state index contributed by atoms with van der Waals surface area (Å²) in [5, 5.41) is 11.9. The average Bonchev–Trinajstić information content (AvgIpc) is 2.50. The zero-order chi connectivity index (χ0) is 18.9. The van der Waals surface area contributed by atoms with Crippen LogP contribution in [0.4, 0.5) is 13.2 Å². The van der Waals surface area contributed by atoms with E-state index < -0.39 is 33.9 Å². The summed E-state index contributed by atoms with van der Waals surface area (Å²) in [6.07, 6.45) is -3.10. The number of aliphatic carboxylic acids is 1. The monoisotopic (exact) mass is 392 g/mol. The van der Waals surface area contributed by atoms with Gasteiger partial charge in [-0.05, 0) is 36.8 Å². The molecule has 25 heavy (non-hydrogen) atoms. The highest BCUT2D eigenvalue weighted by atomic mass is 35.5. The lowest BCUT2D eigenvalue weighted by atomic mass is 10.1. The van der Waals surface area contributed by atoms with Gasteiger partial charge in [0.05, 0.1) is 17.4 Å². The van der Waals surface area contributed by atoms with Gasteiger partial charge in [0.2, 0.25) is 0 Å². The van der Waals surface area contributed by atoms with Gasteiger partial charge in [-0.15, -0.1) is 0 Å². The highest BCUT2D eigenvalue weighted by molar-refractivity contribution is 6.43. The summed E-state index contributed by atoms with van der Waals surface area (Å²) < 4.78 is 39.2. The van der Waals surface area contributed by atoms with Crippen molar-refractivity contribution in [3.05, 3.63) is 61.5 Å². The van der Waals surface area contributed by atoms with Crippen LogP contribution in [0.3, 0.4) is 0 Å². The van der Waals surface area contributed by atoms with Crippen LogP contribution in [0, 0.1) is 6.92 Å². The molecule has 5 nitrogen and oxygen atoms in total. The van der Waals surface area contributed by atoms with Crippen LogP contribution in [0.5, 0.6) is 0 Å². The third kappa shape index (κ3) is 4.02. The molecule has 1 heterocycles. The second-order valence-corrected chi connectivity index (χ2v) is 5.72. The quantitative estimate of drug-likeness (QED) is 0.804. The fourth-order valence-corrected chi connectivity index (χ4v) is 2.27. The van der Waals surface area contributed by atoms with E-state index in [9.17, 15) is 22.8 Å². The molecule has 132 valence electrons. The number of hydrogen-bond donors (Lipinski definition) is 1. The van der Waals surface area contributed by atoms with E-state index in [4.69, 9.17) is 28.3 Å². The molecule has 0 aliphatic heterocycles. The van der Waals surface area contributed by atoms with Crippen molar-refractivity contribution in [3.63, 3.8) is 0 Å². The number of carboxylic acids is 1. The summed E-state index contributed by atoms with van der Waals surface area (Å²) in [4.78, 5) is 23.0. The fraction of sp³-hybridized carbons (Fsp3) is 0.133. The Balaban J connectivity index is 2.61. The van der Waals surface area contributed by atoms with E-state index in [2.05, 4.69) is 5.10 Å². The van der Waals surface area contributed by atoms with Gasteiger partial charge in [0, 0.05) is 10.6 Å². The molecule has 0 saturated carbocycles. The van der Waals surface area contributed by atoms with E-state index >= 15 is 0 Å². The molecule has 0 amide bonds. The van der Waals surface area contributed by atoms with E-state index in [1.54, 1.807) is 0 Å². The molecule has 0 saturated heterocycles. The highest BCUT2D eigenvalue weighted by Gasteiger charge is 2.34. The van der Waals surface area contributed by atoms with Crippen molar-refractivity contribution in [2.45, 2.75) is 13.1 Å². The predicted molar refractivity (Wildman–Crippen MR) is 86.0 cm³/mol. The molecule has 0 spiro atoms. The minimum atomic E-state index is -4.70. The Kier molecular flexibility index (Phi) is 5.24. The van der Waals surface area contributed by atoms with Gasteiger partial charge >= 0.3 is 12.1 Å². The number of aromatic nitrogens is 2. The van der Waals surface area contributed by atoms with Crippen molar-refractivity contribution in [1.29, 1.82) is 0 Å². The van der Waals surface area contributed by atoms with Gasteiger partial charge in [0.1, 0.15) is 5.03 Å². The minimum absolute atomic E-state index is 0.104. The third-order valence-corrected chi connectivity index (χ3v) is 3.85. The molecule has 2 aromatic rings. The first-order valence-corrected chi connectivity index (χ1v) is 7.34. The zero-order valence-corrected chi connectivity index (χ0v) is 13.9. The normalized spacial score (nSPS) is 12.3. The van der Waals surface area contributed by atoms with Crippen molar-refractivity contribution >= 4 is 35.2 Å². The maximum Gasteiger partial charge on any atom is 0.418 e. The van der Waals surface area contributed by atoms with Gasteiger partial charge in [-0.25, -0.2) is 4.79 Å². The van der Waals surface area contributed by atoms with Crippen molar-refractivity contribution in [2.24, 2.45) is 0 Å². The molecule has 1 aromatic carbocycles. The summed E-state index contributed by atoms with van der Waals surface area (Å²) in [6.45, 7) is 1.04. The van der Waals surface area contributed by atoms with Gasteiger partial charge in [0.15, 0.2) is 0 Å². The Morgan fingerprint density at radius 3 is 2.56 bits per heavy atom. The number of rotatable bonds is 3. The Morgan fingerprint density at radius 1 is 1.36 bits per heavy atom. The number of halogens is 5. The maximum absolute atomic E-state index is 12.8. The molecule has 10 heteroatoms. The SMILES string of the molecule is Cc1c(C(F)(F)F)cnn(-c2ccc(Cl)c(C=C(Cl)C(=O)O)c2)c1=O. The van der Waals surface area contributed by atoms with Gasteiger partial charge in [0.25, 0.3) is 5.56 Å². The van der Waals surface area contributed by atoms with Crippen LogP contribution in [0.1, 0.15) is 16.7 Å². The molecule has 2 rings (SSSR count). The molecule has 0 fully saturated rings. The van der Waals surface area contributed by atoms with Gasteiger partial charge in [-0.3, -0.25) is 4.79 Å². The van der Waals surface area contributed by atoms with E-state index in [-0.39, 0.29) is 16.3 Å². The molecule has 0 bridgehead atoms. The lowest BCUT2D eigenvalue weighted by molar-refractivity contribution is -0.138. The number of carbonyl (C=O) groups is 1. The molecule has 1 N–H and O–H groups in total. The summed E-state index contributed by atoms with van der Waals surface area (Å²) in [7, 11) is 0. The average molecular weight is 393 g/mol. The molecule has 0 atom stereocenters. The van der Waals surface area contributed by atoms with Crippen LogP contribution in [0.2, 0.25) is 5.02 Å². The highest BCUT2D eigenvalue weighted by Crippen LogP contribution is 2.30. The summed E-state index contributed by atoms with van der Waals surface area (Å²) in [5.74, 6) is -1.39. The Hall–Kier alpha value is -2.32. The number of alkyl halides is 3. The first-order valence-electron chi connectivity index (χ1n) is 6.59. The molecule has 0 aliphatic carbocycles. The van der Waals surface area contributed by atoms with Crippen molar-refractivity contribution < 1.29 is 23.1 Å². The summed E-state index contributed by atoms with van der Waals surface area (Å²) in [5.41, 5.74) is -2.34. The lowest BCUT2D eigenvalue weighted by Gasteiger charge is -2.12. The fourth-order valence-electron chi connectivity index (χ4n) is 1.98. The van der Waals surface area contributed by atoms with E-state index in [0.717, 1.165) is 17.7 Å². The van der Waals surface area contributed by atoms with Gasteiger partial charge in [-0.1, -0.05) is 23.2 Å². The molecule has 0 radical (unpaired) electrons.